The minimum Gasteiger partial charge on any atom is -0.482 e. The lowest BCUT2D eigenvalue weighted by atomic mass is 10.0. The van der Waals surface area contributed by atoms with Gasteiger partial charge in [0.05, 0.1) is 11.1 Å². The van der Waals surface area contributed by atoms with Crippen LogP contribution in [0.5, 0.6) is 5.75 Å². The first-order chi connectivity index (χ1) is 11.5. The predicted octanol–water partition coefficient (Wildman–Crippen LogP) is 3.45. The van der Waals surface area contributed by atoms with E-state index in [-0.39, 0.29) is 18.6 Å². The fraction of sp³-hybridized carbons (Fsp3) is 0.316. The summed E-state index contributed by atoms with van der Waals surface area (Å²) in [6.07, 6.45) is 0. The van der Waals surface area contributed by atoms with Gasteiger partial charge >= 0.3 is 0 Å². The van der Waals surface area contributed by atoms with E-state index in [1.807, 2.05) is 26.2 Å². The highest BCUT2D eigenvalue weighted by atomic mass is 35.5. The van der Waals surface area contributed by atoms with E-state index in [0.717, 1.165) is 5.56 Å². The number of carbonyl (C=O) groups is 1. The molecule has 1 atom stereocenters. The van der Waals surface area contributed by atoms with Crippen LogP contribution < -0.4 is 10.1 Å². The highest BCUT2D eigenvalue weighted by Gasteiger charge is 2.15. The number of amides is 1. The first-order valence-electron chi connectivity index (χ1n) is 7.84. The van der Waals surface area contributed by atoms with Crippen molar-refractivity contribution in [3.63, 3.8) is 0 Å². The molecule has 0 aromatic heterocycles. The van der Waals surface area contributed by atoms with Crippen molar-refractivity contribution < 1.29 is 9.53 Å². The van der Waals surface area contributed by atoms with Gasteiger partial charge in [0.1, 0.15) is 5.75 Å². The Balaban J connectivity index is 1.88. The molecule has 2 rings (SSSR count). The van der Waals surface area contributed by atoms with Gasteiger partial charge in [0, 0.05) is 6.54 Å². The first-order valence-corrected chi connectivity index (χ1v) is 8.22. The fourth-order valence-electron chi connectivity index (χ4n) is 2.35. The maximum Gasteiger partial charge on any atom is 0.258 e. The molecule has 0 bridgehead atoms. The highest BCUT2D eigenvalue weighted by molar-refractivity contribution is 6.32. The molecule has 24 heavy (non-hydrogen) atoms. The number of hydrogen-bond acceptors (Lipinski definition) is 3. The van der Waals surface area contributed by atoms with Crippen molar-refractivity contribution in [1.29, 1.82) is 0 Å². The molecular formula is C19H23ClN2O2. The van der Waals surface area contributed by atoms with Crippen molar-refractivity contribution in [3.8, 4) is 5.75 Å². The van der Waals surface area contributed by atoms with Gasteiger partial charge in [0.2, 0.25) is 0 Å². The van der Waals surface area contributed by atoms with Crippen LogP contribution in [0.1, 0.15) is 17.2 Å². The molecular weight excluding hydrogens is 324 g/mol. The Morgan fingerprint density at radius 3 is 2.46 bits per heavy atom. The second-order valence-electron chi connectivity index (χ2n) is 5.91. The number of aryl methyl sites for hydroxylation is 1. The van der Waals surface area contributed by atoms with Crippen molar-refractivity contribution >= 4 is 17.5 Å². The van der Waals surface area contributed by atoms with Crippen molar-refractivity contribution in [2.24, 2.45) is 0 Å². The van der Waals surface area contributed by atoms with Gasteiger partial charge in [-0.1, -0.05) is 53.6 Å². The summed E-state index contributed by atoms with van der Waals surface area (Å²) in [4.78, 5) is 14.1. The van der Waals surface area contributed by atoms with E-state index in [1.165, 1.54) is 5.56 Å². The Morgan fingerprint density at radius 1 is 1.17 bits per heavy atom. The van der Waals surface area contributed by atoms with Crippen LogP contribution in [0.3, 0.4) is 0 Å². The molecule has 1 unspecified atom stereocenters. The largest absolute Gasteiger partial charge is 0.482 e. The highest BCUT2D eigenvalue weighted by Crippen LogP contribution is 2.23. The Morgan fingerprint density at radius 2 is 1.83 bits per heavy atom. The molecule has 0 aliphatic carbocycles. The molecule has 2 aromatic rings. The Labute approximate surface area is 148 Å². The third kappa shape index (κ3) is 5.25. The quantitative estimate of drug-likeness (QED) is 0.835. The monoisotopic (exact) mass is 346 g/mol. The maximum atomic E-state index is 12.0. The number of para-hydroxylation sites is 1. The second kappa shape index (κ2) is 8.71. The van der Waals surface area contributed by atoms with Crippen LogP contribution >= 0.6 is 11.6 Å². The van der Waals surface area contributed by atoms with Gasteiger partial charge < -0.3 is 15.0 Å². The number of benzene rings is 2. The molecule has 0 spiro atoms. The lowest BCUT2D eigenvalue weighted by Crippen LogP contribution is -2.36. The molecule has 0 radical (unpaired) electrons. The van der Waals surface area contributed by atoms with E-state index in [0.29, 0.717) is 17.3 Å². The molecule has 0 saturated heterocycles. The van der Waals surface area contributed by atoms with E-state index >= 15 is 0 Å². The Hall–Kier alpha value is -2.04. The van der Waals surface area contributed by atoms with Gasteiger partial charge in [-0.2, -0.15) is 0 Å². The van der Waals surface area contributed by atoms with Gasteiger partial charge in [0.15, 0.2) is 6.61 Å². The van der Waals surface area contributed by atoms with E-state index in [2.05, 4.69) is 41.4 Å². The van der Waals surface area contributed by atoms with Crippen LogP contribution in [-0.2, 0) is 4.79 Å². The zero-order valence-electron chi connectivity index (χ0n) is 14.3. The van der Waals surface area contributed by atoms with Crippen LogP contribution in [-0.4, -0.2) is 38.1 Å². The van der Waals surface area contributed by atoms with Crippen LogP contribution in [0.25, 0.3) is 0 Å². The third-order valence-corrected chi connectivity index (χ3v) is 4.09. The van der Waals surface area contributed by atoms with Gasteiger partial charge in [-0.25, -0.2) is 0 Å². The predicted molar refractivity (Wildman–Crippen MR) is 97.6 cm³/mol. The fourth-order valence-corrected chi connectivity index (χ4v) is 2.54. The van der Waals surface area contributed by atoms with Crippen molar-refractivity contribution in [1.82, 2.24) is 10.2 Å². The molecule has 2 aromatic carbocycles. The average molecular weight is 347 g/mol. The number of hydrogen-bond donors (Lipinski definition) is 1. The normalized spacial score (nSPS) is 12.0. The number of halogens is 1. The lowest BCUT2D eigenvalue weighted by Gasteiger charge is -2.25. The molecule has 0 saturated carbocycles. The molecule has 4 nitrogen and oxygen atoms in total. The summed E-state index contributed by atoms with van der Waals surface area (Å²) in [6, 6.07) is 15.5. The van der Waals surface area contributed by atoms with E-state index < -0.39 is 0 Å². The molecule has 128 valence electrons. The minimum atomic E-state index is -0.172. The molecule has 0 heterocycles. The number of carbonyl (C=O) groups excluding carboxylic acids is 1. The summed E-state index contributed by atoms with van der Waals surface area (Å²) in [7, 11) is 3.99. The summed E-state index contributed by atoms with van der Waals surface area (Å²) in [5.74, 6) is 0.339. The molecule has 0 aliphatic rings. The van der Waals surface area contributed by atoms with Crippen LogP contribution in [0.15, 0.2) is 48.5 Å². The zero-order chi connectivity index (χ0) is 17.5. The lowest BCUT2D eigenvalue weighted by molar-refractivity contribution is -0.123. The minimum absolute atomic E-state index is 0.0578. The van der Waals surface area contributed by atoms with E-state index in [1.54, 1.807) is 12.1 Å². The summed E-state index contributed by atoms with van der Waals surface area (Å²) < 4.78 is 5.46. The average Bonchev–Trinajstić information content (AvgIpc) is 2.55. The standard InChI is InChI=1S/C19H23ClN2O2/c1-14-8-10-15(11-9-14)17(22(2)3)12-21-19(23)13-24-18-7-5-4-6-16(18)20/h4-11,17H,12-13H2,1-3H3,(H,21,23). The summed E-state index contributed by atoms with van der Waals surface area (Å²) in [5.41, 5.74) is 2.38. The second-order valence-corrected chi connectivity index (χ2v) is 6.32. The van der Waals surface area contributed by atoms with Crippen LogP contribution in [0, 0.1) is 6.92 Å². The smallest absolute Gasteiger partial charge is 0.258 e. The number of rotatable bonds is 7. The number of nitrogens with zero attached hydrogens (tertiary/aromatic N) is 1. The number of likely N-dealkylation sites (N-methyl/N-ethyl adjacent to an activating group) is 1. The maximum absolute atomic E-state index is 12.0. The van der Waals surface area contributed by atoms with Crippen molar-refractivity contribution in [3.05, 3.63) is 64.7 Å². The summed E-state index contributed by atoms with van der Waals surface area (Å²) in [5, 5.41) is 3.41. The Kier molecular flexibility index (Phi) is 6.64. The molecule has 0 fully saturated rings. The topological polar surface area (TPSA) is 41.6 Å². The number of ether oxygens (including phenoxy) is 1. The first kappa shape index (κ1) is 18.3. The van der Waals surface area contributed by atoms with Crippen molar-refractivity contribution in [2.75, 3.05) is 27.2 Å². The van der Waals surface area contributed by atoms with E-state index in [4.69, 9.17) is 16.3 Å². The SMILES string of the molecule is Cc1ccc(C(CNC(=O)COc2ccccc2Cl)N(C)C)cc1. The van der Waals surface area contributed by atoms with Crippen molar-refractivity contribution in [2.45, 2.75) is 13.0 Å². The van der Waals surface area contributed by atoms with Crippen LogP contribution in [0.4, 0.5) is 0 Å². The molecule has 5 heteroatoms. The third-order valence-electron chi connectivity index (χ3n) is 3.77. The number of nitrogens with one attached hydrogen (secondary N) is 1. The molecule has 0 aliphatic heterocycles. The molecule has 1 N–H and O–H groups in total. The van der Waals surface area contributed by atoms with Gasteiger partial charge in [-0.3, -0.25) is 4.79 Å². The van der Waals surface area contributed by atoms with Crippen LogP contribution in [0.2, 0.25) is 5.02 Å². The summed E-state index contributed by atoms with van der Waals surface area (Å²) in [6.45, 7) is 2.51. The zero-order valence-corrected chi connectivity index (χ0v) is 15.0. The summed E-state index contributed by atoms with van der Waals surface area (Å²) >= 11 is 6.01. The van der Waals surface area contributed by atoms with Gasteiger partial charge in [-0.05, 0) is 38.7 Å². The van der Waals surface area contributed by atoms with Gasteiger partial charge in [-0.15, -0.1) is 0 Å². The Bertz CT molecular complexity index is 671. The van der Waals surface area contributed by atoms with E-state index in [9.17, 15) is 4.79 Å². The molecule has 1 amide bonds. The van der Waals surface area contributed by atoms with Gasteiger partial charge in [0.25, 0.3) is 5.91 Å².